The van der Waals surface area contributed by atoms with E-state index in [1.54, 1.807) is 0 Å². The first-order valence-electron chi connectivity index (χ1n) is 10.2. The van der Waals surface area contributed by atoms with Gasteiger partial charge in [0.05, 0.1) is 0 Å². The molecule has 0 rings (SSSR count). The fourth-order valence-corrected chi connectivity index (χ4v) is 4.54. The maximum atomic E-state index is 2.61. The predicted molar refractivity (Wildman–Crippen MR) is 103 cm³/mol. The van der Waals surface area contributed by atoms with Gasteiger partial charge in [-0.25, -0.2) is 0 Å². The van der Waals surface area contributed by atoms with Crippen molar-refractivity contribution >= 4 is 0 Å². The normalized spacial score (nSPS) is 20.5. The van der Waals surface area contributed by atoms with Crippen LogP contribution in [0.1, 0.15) is 107 Å². The van der Waals surface area contributed by atoms with Gasteiger partial charge in [0.2, 0.25) is 0 Å². The quantitative estimate of drug-likeness (QED) is 0.343. The number of rotatable bonds is 12. The molecule has 0 heterocycles. The molecule has 5 atom stereocenters. The standard InChI is InChI=1S/C22H46/c1-10-13-18(6)16-22(9,19(7)11-2)20(8)21(12-3)15-14-17(4)5/h17-21H,10-16H2,1-9H3. The van der Waals surface area contributed by atoms with Crippen molar-refractivity contribution in [3.8, 4) is 0 Å². The van der Waals surface area contributed by atoms with Gasteiger partial charge in [-0.3, -0.25) is 0 Å². The van der Waals surface area contributed by atoms with Crippen LogP contribution in [0.3, 0.4) is 0 Å². The summed E-state index contributed by atoms with van der Waals surface area (Å²) in [6.45, 7) is 22.0. The van der Waals surface area contributed by atoms with Gasteiger partial charge in [0, 0.05) is 0 Å². The molecule has 0 aliphatic rings. The summed E-state index contributed by atoms with van der Waals surface area (Å²) in [7, 11) is 0. The van der Waals surface area contributed by atoms with Crippen LogP contribution in [0.15, 0.2) is 0 Å². The summed E-state index contributed by atoms with van der Waals surface area (Å²) in [5, 5.41) is 0. The third-order valence-electron chi connectivity index (χ3n) is 6.69. The molecular formula is C22H46. The van der Waals surface area contributed by atoms with E-state index in [9.17, 15) is 0 Å². The van der Waals surface area contributed by atoms with Gasteiger partial charge in [-0.2, -0.15) is 0 Å². The van der Waals surface area contributed by atoms with Gasteiger partial charge in [-0.05, 0) is 47.8 Å². The molecule has 0 radical (unpaired) electrons. The summed E-state index contributed by atoms with van der Waals surface area (Å²) in [5.41, 5.74) is 0.501. The zero-order valence-corrected chi connectivity index (χ0v) is 17.3. The van der Waals surface area contributed by atoms with Gasteiger partial charge in [-0.1, -0.05) is 94.4 Å². The molecule has 0 saturated carbocycles. The summed E-state index contributed by atoms with van der Waals surface area (Å²) in [6.07, 6.45) is 9.61. The summed E-state index contributed by atoms with van der Waals surface area (Å²) in [6, 6.07) is 0. The molecule has 0 bridgehead atoms. The zero-order chi connectivity index (χ0) is 17.3. The third kappa shape index (κ3) is 6.63. The van der Waals surface area contributed by atoms with Gasteiger partial charge in [0.1, 0.15) is 0 Å². The fraction of sp³-hybridized carbons (Fsp3) is 1.00. The summed E-state index contributed by atoms with van der Waals surface area (Å²) >= 11 is 0. The molecule has 0 aliphatic carbocycles. The summed E-state index contributed by atoms with van der Waals surface area (Å²) in [5.74, 6) is 4.28. The van der Waals surface area contributed by atoms with Crippen LogP contribution in [0.25, 0.3) is 0 Å². The Morgan fingerprint density at radius 1 is 0.773 bits per heavy atom. The van der Waals surface area contributed by atoms with E-state index in [4.69, 9.17) is 0 Å². The first-order chi connectivity index (χ1) is 10.2. The minimum absolute atomic E-state index is 0.501. The topological polar surface area (TPSA) is 0 Å². The Balaban J connectivity index is 5.11. The molecule has 0 aromatic rings. The maximum Gasteiger partial charge on any atom is -0.0269 e. The van der Waals surface area contributed by atoms with Crippen LogP contribution in [0.5, 0.6) is 0 Å². The summed E-state index contributed by atoms with van der Waals surface area (Å²) in [4.78, 5) is 0. The van der Waals surface area contributed by atoms with E-state index in [1.165, 1.54) is 44.9 Å². The van der Waals surface area contributed by atoms with Crippen LogP contribution in [0.2, 0.25) is 0 Å². The highest BCUT2D eigenvalue weighted by atomic mass is 14.4. The van der Waals surface area contributed by atoms with E-state index < -0.39 is 0 Å². The van der Waals surface area contributed by atoms with Crippen molar-refractivity contribution in [2.75, 3.05) is 0 Å². The largest absolute Gasteiger partial charge is 0.0654 e. The Kier molecular flexibility index (Phi) is 10.7. The average Bonchev–Trinajstić information content (AvgIpc) is 2.46. The van der Waals surface area contributed by atoms with Crippen LogP contribution in [-0.2, 0) is 0 Å². The maximum absolute atomic E-state index is 2.61. The molecule has 134 valence electrons. The van der Waals surface area contributed by atoms with E-state index >= 15 is 0 Å². The van der Waals surface area contributed by atoms with E-state index in [0.717, 1.165) is 29.6 Å². The van der Waals surface area contributed by atoms with Crippen molar-refractivity contribution in [3.63, 3.8) is 0 Å². The monoisotopic (exact) mass is 310 g/mol. The second-order valence-electron chi connectivity index (χ2n) is 8.84. The van der Waals surface area contributed by atoms with Crippen LogP contribution in [0.4, 0.5) is 0 Å². The summed E-state index contributed by atoms with van der Waals surface area (Å²) < 4.78 is 0. The zero-order valence-electron chi connectivity index (χ0n) is 17.3. The first-order valence-corrected chi connectivity index (χ1v) is 10.2. The van der Waals surface area contributed by atoms with Crippen molar-refractivity contribution in [1.29, 1.82) is 0 Å². The van der Waals surface area contributed by atoms with Gasteiger partial charge >= 0.3 is 0 Å². The molecule has 0 heteroatoms. The highest BCUT2D eigenvalue weighted by Crippen LogP contribution is 2.48. The minimum Gasteiger partial charge on any atom is -0.0654 e. The van der Waals surface area contributed by atoms with E-state index in [0.29, 0.717) is 5.41 Å². The minimum atomic E-state index is 0.501. The average molecular weight is 311 g/mol. The van der Waals surface area contributed by atoms with E-state index in [-0.39, 0.29) is 0 Å². The lowest BCUT2D eigenvalue weighted by atomic mass is 9.59. The van der Waals surface area contributed by atoms with Crippen molar-refractivity contribution in [1.82, 2.24) is 0 Å². The highest BCUT2D eigenvalue weighted by molar-refractivity contribution is 4.89. The van der Waals surface area contributed by atoms with Gasteiger partial charge in [-0.15, -0.1) is 0 Å². The SMILES string of the molecule is CCCC(C)CC(C)(C(C)CC)C(C)C(CC)CCC(C)C. The smallest absolute Gasteiger partial charge is 0.0269 e. The van der Waals surface area contributed by atoms with Crippen molar-refractivity contribution in [2.45, 2.75) is 107 Å². The fourth-order valence-electron chi connectivity index (χ4n) is 4.54. The van der Waals surface area contributed by atoms with Crippen LogP contribution in [-0.4, -0.2) is 0 Å². The van der Waals surface area contributed by atoms with Crippen molar-refractivity contribution < 1.29 is 0 Å². The molecule has 0 aromatic carbocycles. The lowest BCUT2D eigenvalue weighted by Gasteiger charge is -2.46. The Bertz CT molecular complexity index is 267. The Hall–Kier alpha value is 0. The first kappa shape index (κ1) is 22.0. The van der Waals surface area contributed by atoms with Gasteiger partial charge in [0.15, 0.2) is 0 Å². The second-order valence-corrected chi connectivity index (χ2v) is 8.84. The molecule has 5 unspecified atom stereocenters. The molecule has 0 spiro atoms. The lowest BCUT2D eigenvalue weighted by molar-refractivity contribution is 0.0333. The number of hydrogen-bond donors (Lipinski definition) is 0. The number of hydrogen-bond acceptors (Lipinski definition) is 0. The molecule has 0 amide bonds. The molecule has 0 aromatic heterocycles. The molecule has 0 fully saturated rings. The molecule has 0 N–H and O–H groups in total. The highest BCUT2D eigenvalue weighted by Gasteiger charge is 2.39. The van der Waals surface area contributed by atoms with Gasteiger partial charge < -0.3 is 0 Å². The van der Waals surface area contributed by atoms with Crippen molar-refractivity contribution in [3.05, 3.63) is 0 Å². The molecule has 0 nitrogen and oxygen atoms in total. The molecule has 22 heavy (non-hydrogen) atoms. The van der Waals surface area contributed by atoms with E-state index in [1.807, 2.05) is 0 Å². The molecule has 0 aliphatic heterocycles. The van der Waals surface area contributed by atoms with Crippen LogP contribution >= 0.6 is 0 Å². The molecular weight excluding hydrogens is 264 g/mol. The van der Waals surface area contributed by atoms with E-state index in [2.05, 4.69) is 62.3 Å². The lowest BCUT2D eigenvalue weighted by Crippen LogP contribution is -2.38. The van der Waals surface area contributed by atoms with Gasteiger partial charge in [0.25, 0.3) is 0 Å². The Morgan fingerprint density at radius 3 is 1.77 bits per heavy atom. The van der Waals surface area contributed by atoms with Crippen LogP contribution < -0.4 is 0 Å². The second kappa shape index (κ2) is 10.7. The van der Waals surface area contributed by atoms with Crippen LogP contribution in [0, 0.1) is 35.0 Å². The molecule has 0 saturated heterocycles. The Morgan fingerprint density at radius 2 is 1.36 bits per heavy atom. The third-order valence-corrected chi connectivity index (χ3v) is 6.69. The predicted octanol–water partition coefficient (Wildman–Crippen LogP) is 7.96. The Labute approximate surface area is 142 Å². The van der Waals surface area contributed by atoms with Crippen molar-refractivity contribution in [2.24, 2.45) is 35.0 Å².